The second kappa shape index (κ2) is 4.67. The molecule has 1 unspecified atom stereocenters. The van der Waals surface area contributed by atoms with Gasteiger partial charge in [-0.2, -0.15) is 0 Å². The smallest absolute Gasteiger partial charge is 0.153 e. The third-order valence-electron chi connectivity index (χ3n) is 2.90. The van der Waals surface area contributed by atoms with Crippen molar-refractivity contribution in [2.75, 3.05) is 11.5 Å². The quantitative estimate of drug-likeness (QED) is 0.868. The van der Waals surface area contributed by atoms with Gasteiger partial charge in [0.2, 0.25) is 0 Å². The highest BCUT2D eigenvalue weighted by Crippen LogP contribution is 2.31. The van der Waals surface area contributed by atoms with Gasteiger partial charge in [-0.1, -0.05) is 23.2 Å². The highest BCUT2D eigenvalue weighted by Gasteiger charge is 2.37. The lowest BCUT2D eigenvalue weighted by Crippen LogP contribution is -2.54. The van der Waals surface area contributed by atoms with Crippen molar-refractivity contribution in [2.45, 2.75) is 25.4 Å². The zero-order chi connectivity index (χ0) is 13.6. The molecule has 1 aromatic carbocycles. The Morgan fingerprint density at radius 2 is 2.00 bits per heavy atom. The summed E-state index contributed by atoms with van der Waals surface area (Å²) >= 11 is 12.1. The van der Waals surface area contributed by atoms with Crippen LogP contribution >= 0.6 is 23.2 Å². The molecule has 0 aromatic heterocycles. The molecule has 3 nitrogen and oxygen atoms in total. The Balaban J connectivity index is 2.41. The Hall–Kier alpha value is -0.290. The maximum atomic E-state index is 11.9. The number of nitrogens with one attached hydrogen (secondary N) is 1. The van der Waals surface area contributed by atoms with Crippen molar-refractivity contribution in [1.29, 1.82) is 0 Å². The predicted molar refractivity (Wildman–Crippen MR) is 75.1 cm³/mol. The number of halogens is 2. The van der Waals surface area contributed by atoms with Gasteiger partial charge in [-0.05, 0) is 37.6 Å². The highest BCUT2D eigenvalue weighted by atomic mass is 35.5. The van der Waals surface area contributed by atoms with Gasteiger partial charge < -0.3 is 5.32 Å². The van der Waals surface area contributed by atoms with Crippen molar-refractivity contribution in [3.8, 4) is 0 Å². The molecule has 6 heteroatoms. The van der Waals surface area contributed by atoms with Crippen molar-refractivity contribution in [3.05, 3.63) is 33.8 Å². The molecule has 0 saturated carbocycles. The summed E-state index contributed by atoms with van der Waals surface area (Å²) in [6.45, 7) is 3.74. The van der Waals surface area contributed by atoms with Crippen LogP contribution in [0.2, 0.25) is 10.0 Å². The number of rotatable bonds is 1. The molecule has 0 spiro atoms. The van der Waals surface area contributed by atoms with Gasteiger partial charge in [0, 0.05) is 21.6 Å². The lowest BCUT2D eigenvalue weighted by Gasteiger charge is -2.37. The fourth-order valence-electron chi connectivity index (χ4n) is 2.37. The minimum atomic E-state index is -3.08. The molecular formula is C12H15Cl2NO2S. The van der Waals surface area contributed by atoms with Crippen LogP contribution in [0, 0.1) is 0 Å². The van der Waals surface area contributed by atoms with Crippen LogP contribution in [0.25, 0.3) is 0 Å². The van der Waals surface area contributed by atoms with E-state index in [1.807, 2.05) is 13.8 Å². The van der Waals surface area contributed by atoms with Gasteiger partial charge in [0.1, 0.15) is 0 Å². The maximum absolute atomic E-state index is 11.9. The first-order chi connectivity index (χ1) is 8.19. The van der Waals surface area contributed by atoms with Crippen LogP contribution in [0.4, 0.5) is 0 Å². The lowest BCUT2D eigenvalue weighted by molar-refractivity contribution is 0.360. The highest BCUT2D eigenvalue weighted by molar-refractivity contribution is 7.91. The number of hydrogen-bond donors (Lipinski definition) is 1. The van der Waals surface area contributed by atoms with Crippen LogP contribution in [-0.2, 0) is 9.84 Å². The fourth-order valence-corrected chi connectivity index (χ4v) is 4.87. The van der Waals surface area contributed by atoms with E-state index < -0.39 is 15.4 Å². The Morgan fingerprint density at radius 3 is 2.61 bits per heavy atom. The third kappa shape index (κ3) is 3.18. The van der Waals surface area contributed by atoms with E-state index in [2.05, 4.69) is 5.32 Å². The van der Waals surface area contributed by atoms with Crippen LogP contribution in [-0.4, -0.2) is 25.5 Å². The van der Waals surface area contributed by atoms with Gasteiger partial charge in [0.05, 0.1) is 11.5 Å². The molecule has 1 atom stereocenters. The summed E-state index contributed by atoms with van der Waals surface area (Å²) in [6, 6.07) is 4.79. The Morgan fingerprint density at radius 1 is 1.33 bits per heavy atom. The first-order valence-corrected chi connectivity index (χ1v) is 8.19. The summed E-state index contributed by atoms with van der Waals surface area (Å²) in [7, 11) is -3.08. The predicted octanol–water partition coefficient (Wildman–Crippen LogP) is 2.83. The van der Waals surface area contributed by atoms with Crippen molar-refractivity contribution in [3.63, 3.8) is 0 Å². The molecule has 100 valence electrons. The number of sulfone groups is 1. The van der Waals surface area contributed by atoms with Gasteiger partial charge in [-0.3, -0.25) is 0 Å². The summed E-state index contributed by atoms with van der Waals surface area (Å²) in [4.78, 5) is 0. The van der Waals surface area contributed by atoms with E-state index in [1.54, 1.807) is 18.2 Å². The van der Waals surface area contributed by atoms with E-state index in [-0.39, 0.29) is 17.5 Å². The van der Waals surface area contributed by atoms with E-state index in [0.29, 0.717) is 10.0 Å². The molecule has 1 N–H and O–H groups in total. The molecule has 1 aliphatic heterocycles. The summed E-state index contributed by atoms with van der Waals surface area (Å²) in [6.07, 6.45) is 0. The van der Waals surface area contributed by atoms with Crippen molar-refractivity contribution < 1.29 is 8.42 Å². The molecule has 1 aromatic rings. The fraction of sp³-hybridized carbons (Fsp3) is 0.500. The summed E-state index contributed by atoms with van der Waals surface area (Å²) in [5.41, 5.74) is 0.272. The summed E-state index contributed by atoms with van der Waals surface area (Å²) in [5.74, 6) is 0.186. The molecule has 0 bridgehead atoms. The molecule has 18 heavy (non-hydrogen) atoms. The molecule has 1 fully saturated rings. The second-order valence-corrected chi connectivity index (χ2v) is 8.25. The van der Waals surface area contributed by atoms with Gasteiger partial charge in [-0.15, -0.1) is 0 Å². The molecule has 0 amide bonds. The van der Waals surface area contributed by atoms with E-state index in [0.717, 1.165) is 5.56 Å². The summed E-state index contributed by atoms with van der Waals surface area (Å²) < 4.78 is 23.9. The van der Waals surface area contributed by atoms with Gasteiger partial charge in [0.15, 0.2) is 9.84 Å². The normalized spacial score (nSPS) is 25.9. The van der Waals surface area contributed by atoms with E-state index in [4.69, 9.17) is 23.2 Å². The molecule has 1 aliphatic rings. The van der Waals surface area contributed by atoms with Crippen LogP contribution in [0.5, 0.6) is 0 Å². The SMILES string of the molecule is CC1(C)CS(=O)(=O)CC(c2cc(Cl)ccc2Cl)N1. The van der Waals surface area contributed by atoms with Crippen molar-refractivity contribution >= 4 is 33.0 Å². The van der Waals surface area contributed by atoms with Gasteiger partial charge in [0.25, 0.3) is 0 Å². The maximum Gasteiger partial charge on any atom is 0.153 e. The number of hydrogen-bond acceptors (Lipinski definition) is 3. The first-order valence-electron chi connectivity index (χ1n) is 5.62. The van der Waals surface area contributed by atoms with Gasteiger partial charge >= 0.3 is 0 Å². The topological polar surface area (TPSA) is 46.2 Å². The average molecular weight is 308 g/mol. The van der Waals surface area contributed by atoms with E-state index in [9.17, 15) is 8.42 Å². The van der Waals surface area contributed by atoms with E-state index >= 15 is 0 Å². The largest absolute Gasteiger partial charge is 0.303 e. The van der Waals surface area contributed by atoms with Crippen LogP contribution in [0.3, 0.4) is 0 Å². The molecule has 0 aliphatic carbocycles. The zero-order valence-corrected chi connectivity index (χ0v) is 12.5. The molecular weight excluding hydrogens is 293 g/mol. The van der Waals surface area contributed by atoms with Crippen LogP contribution < -0.4 is 5.32 Å². The molecule has 1 heterocycles. The Labute approximate surface area is 117 Å². The summed E-state index contributed by atoms with van der Waals surface area (Å²) in [5, 5.41) is 4.40. The minimum Gasteiger partial charge on any atom is -0.303 e. The third-order valence-corrected chi connectivity index (χ3v) is 5.48. The standard InChI is InChI=1S/C12H15Cl2NO2S/c1-12(2)7-18(16,17)6-11(15-12)9-5-8(13)3-4-10(9)14/h3-5,11,15H,6-7H2,1-2H3. The first kappa shape index (κ1) is 14.1. The number of benzene rings is 1. The molecule has 0 radical (unpaired) electrons. The van der Waals surface area contributed by atoms with Gasteiger partial charge in [-0.25, -0.2) is 8.42 Å². The van der Waals surface area contributed by atoms with E-state index in [1.165, 1.54) is 0 Å². The minimum absolute atomic E-state index is 0.0521. The lowest BCUT2D eigenvalue weighted by atomic mass is 10.0. The Bertz CT molecular complexity index is 569. The average Bonchev–Trinajstić information content (AvgIpc) is 2.17. The van der Waals surface area contributed by atoms with Crippen molar-refractivity contribution in [2.24, 2.45) is 0 Å². The molecule has 1 saturated heterocycles. The second-order valence-electron chi connectivity index (χ2n) is 5.30. The zero-order valence-electron chi connectivity index (χ0n) is 10.2. The molecule has 2 rings (SSSR count). The Kier molecular flexibility index (Phi) is 3.67. The van der Waals surface area contributed by atoms with Crippen molar-refractivity contribution in [1.82, 2.24) is 5.32 Å². The van der Waals surface area contributed by atoms with Crippen LogP contribution in [0.15, 0.2) is 18.2 Å². The monoisotopic (exact) mass is 307 g/mol. The van der Waals surface area contributed by atoms with Crippen LogP contribution in [0.1, 0.15) is 25.5 Å².